The van der Waals surface area contributed by atoms with Crippen LogP contribution >= 0.6 is 0 Å². The van der Waals surface area contributed by atoms with Gasteiger partial charge in [-0.05, 0) is 24.2 Å². The Morgan fingerprint density at radius 3 is 2.62 bits per heavy atom. The number of allylic oxidation sites excluding steroid dienone is 3. The highest BCUT2D eigenvalue weighted by Crippen LogP contribution is 2.42. The third kappa shape index (κ3) is 2.65. The molecule has 0 aromatic heterocycles. The van der Waals surface area contributed by atoms with Gasteiger partial charge < -0.3 is 5.11 Å². The first-order valence-corrected chi connectivity index (χ1v) is 6.06. The second-order valence-electron chi connectivity index (χ2n) is 5.52. The van der Waals surface area contributed by atoms with Gasteiger partial charge in [-0.25, -0.2) is 0 Å². The summed E-state index contributed by atoms with van der Waals surface area (Å²) in [7, 11) is 0. The number of hydrogen-bond acceptors (Lipinski definition) is 1. The van der Waals surface area contributed by atoms with E-state index < -0.39 is 0 Å². The standard InChI is InChI=1S/C15H24O/c1-6-11(2)7-9-13-10-8-12(3)14(16)15(13,4)5/h6,8,10,12-14,16H,1-2,7,9H2,3-5H3/t12?,13-,14-/m0/s1. The van der Waals surface area contributed by atoms with Gasteiger partial charge in [0.1, 0.15) is 0 Å². The fourth-order valence-electron chi connectivity index (χ4n) is 2.47. The molecule has 1 nitrogen and oxygen atoms in total. The molecule has 0 aromatic carbocycles. The molecular weight excluding hydrogens is 196 g/mol. The number of aliphatic hydroxyl groups is 1. The summed E-state index contributed by atoms with van der Waals surface area (Å²) >= 11 is 0. The second kappa shape index (κ2) is 5.01. The Hall–Kier alpha value is -0.820. The second-order valence-corrected chi connectivity index (χ2v) is 5.52. The summed E-state index contributed by atoms with van der Waals surface area (Å²) in [5, 5.41) is 10.2. The number of rotatable bonds is 4. The topological polar surface area (TPSA) is 20.2 Å². The van der Waals surface area contributed by atoms with E-state index >= 15 is 0 Å². The van der Waals surface area contributed by atoms with Crippen molar-refractivity contribution in [3.05, 3.63) is 37.0 Å². The predicted octanol–water partition coefficient (Wildman–Crippen LogP) is 3.72. The van der Waals surface area contributed by atoms with Crippen molar-refractivity contribution >= 4 is 0 Å². The molecule has 0 spiro atoms. The Morgan fingerprint density at radius 1 is 1.44 bits per heavy atom. The molecule has 1 heteroatoms. The molecule has 90 valence electrons. The highest BCUT2D eigenvalue weighted by Gasteiger charge is 2.39. The smallest absolute Gasteiger partial charge is 0.0656 e. The Balaban J connectivity index is 2.69. The Labute approximate surface area is 99.6 Å². The maximum absolute atomic E-state index is 10.2. The molecule has 0 aromatic rings. The molecule has 0 heterocycles. The Bertz CT molecular complexity index is 299. The van der Waals surface area contributed by atoms with Crippen LogP contribution in [0.2, 0.25) is 0 Å². The van der Waals surface area contributed by atoms with Gasteiger partial charge in [0.2, 0.25) is 0 Å². The van der Waals surface area contributed by atoms with Crippen molar-refractivity contribution in [1.82, 2.24) is 0 Å². The van der Waals surface area contributed by atoms with Crippen LogP contribution in [-0.4, -0.2) is 11.2 Å². The summed E-state index contributed by atoms with van der Waals surface area (Å²) < 4.78 is 0. The Kier molecular flexibility index (Phi) is 4.15. The first-order chi connectivity index (χ1) is 7.39. The first-order valence-electron chi connectivity index (χ1n) is 6.06. The zero-order valence-corrected chi connectivity index (χ0v) is 10.7. The maximum atomic E-state index is 10.2. The molecule has 1 unspecified atom stereocenters. The van der Waals surface area contributed by atoms with E-state index in [1.807, 2.05) is 6.08 Å². The fraction of sp³-hybridized carbons (Fsp3) is 0.600. The van der Waals surface area contributed by atoms with Crippen LogP contribution < -0.4 is 0 Å². The maximum Gasteiger partial charge on any atom is 0.0656 e. The van der Waals surface area contributed by atoms with Crippen molar-refractivity contribution in [3.8, 4) is 0 Å². The molecule has 0 radical (unpaired) electrons. The zero-order chi connectivity index (χ0) is 12.3. The minimum Gasteiger partial charge on any atom is -0.392 e. The predicted molar refractivity (Wildman–Crippen MR) is 70.2 cm³/mol. The molecule has 0 aliphatic heterocycles. The van der Waals surface area contributed by atoms with Crippen molar-refractivity contribution in [1.29, 1.82) is 0 Å². The molecule has 1 N–H and O–H groups in total. The number of aliphatic hydroxyl groups excluding tert-OH is 1. The average molecular weight is 220 g/mol. The Morgan fingerprint density at radius 2 is 2.06 bits per heavy atom. The van der Waals surface area contributed by atoms with Crippen molar-refractivity contribution in [2.24, 2.45) is 17.3 Å². The highest BCUT2D eigenvalue weighted by atomic mass is 16.3. The van der Waals surface area contributed by atoms with E-state index in [4.69, 9.17) is 0 Å². The molecule has 1 aliphatic rings. The summed E-state index contributed by atoms with van der Waals surface area (Å²) in [5.74, 6) is 0.684. The van der Waals surface area contributed by atoms with E-state index in [-0.39, 0.29) is 17.4 Å². The molecule has 0 amide bonds. The number of hydrogen-bond donors (Lipinski definition) is 1. The van der Waals surface area contributed by atoms with Gasteiger partial charge in [0.25, 0.3) is 0 Å². The van der Waals surface area contributed by atoms with Gasteiger partial charge in [-0.1, -0.05) is 57.7 Å². The lowest BCUT2D eigenvalue weighted by molar-refractivity contribution is -0.0149. The van der Waals surface area contributed by atoms with E-state index in [0.717, 1.165) is 18.4 Å². The molecule has 16 heavy (non-hydrogen) atoms. The molecular formula is C15H24O. The third-order valence-corrected chi connectivity index (χ3v) is 3.93. The zero-order valence-electron chi connectivity index (χ0n) is 10.7. The fourth-order valence-corrected chi connectivity index (χ4v) is 2.47. The van der Waals surface area contributed by atoms with E-state index in [2.05, 4.69) is 46.1 Å². The van der Waals surface area contributed by atoms with Crippen molar-refractivity contribution < 1.29 is 5.11 Å². The lowest BCUT2D eigenvalue weighted by atomic mass is 9.65. The van der Waals surface area contributed by atoms with E-state index in [1.165, 1.54) is 0 Å². The highest BCUT2D eigenvalue weighted by molar-refractivity contribution is 5.13. The third-order valence-electron chi connectivity index (χ3n) is 3.93. The van der Waals surface area contributed by atoms with Crippen molar-refractivity contribution in [3.63, 3.8) is 0 Å². The first kappa shape index (κ1) is 13.2. The SMILES string of the molecule is C=CC(=C)CC[C@H]1C=CC(C)[C@H](O)C1(C)C. The van der Waals surface area contributed by atoms with Gasteiger partial charge in [-0.15, -0.1) is 0 Å². The van der Waals surface area contributed by atoms with Gasteiger partial charge in [0, 0.05) is 5.92 Å². The lowest BCUT2D eigenvalue weighted by Gasteiger charge is -2.42. The van der Waals surface area contributed by atoms with Crippen LogP contribution in [0, 0.1) is 17.3 Å². The van der Waals surface area contributed by atoms with Gasteiger partial charge in [0.05, 0.1) is 6.10 Å². The van der Waals surface area contributed by atoms with E-state index in [9.17, 15) is 5.11 Å². The molecule has 0 fully saturated rings. The van der Waals surface area contributed by atoms with Crippen molar-refractivity contribution in [2.45, 2.75) is 39.7 Å². The van der Waals surface area contributed by atoms with Crippen LogP contribution in [-0.2, 0) is 0 Å². The summed E-state index contributed by atoms with van der Waals surface area (Å²) in [6.45, 7) is 14.0. The molecule has 1 rings (SSSR count). The minimum absolute atomic E-state index is 0.0460. The summed E-state index contributed by atoms with van der Waals surface area (Å²) in [6.07, 6.45) is 7.96. The van der Waals surface area contributed by atoms with Gasteiger partial charge >= 0.3 is 0 Å². The summed E-state index contributed by atoms with van der Waals surface area (Å²) in [5.41, 5.74) is 1.03. The van der Waals surface area contributed by atoms with Crippen LogP contribution in [0.15, 0.2) is 37.0 Å². The monoisotopic (exact) mass is 220 g/mol. The molecule has 0 saturated heterocycles. The lowest BCUT2D eigenvalue weighted by Crippen LogP contribution is -2.42. The molecule has 0 bridgehead atoms. The van der Waals surface area contributed by atoms with Gasteiger partial charge in [-0.3, -0.25) is 0 Å². The summed E-state index contributed by atoms with van der Waals surface area (Å²) in [4.78, 5) is 0. The largest absolute Gasteiger partial charge is 0.392 e. The van der Waals surface area contributed by atoms with E-state index in [0.29, 0.717) is 5.92 Å². The van der Waals surface area contributed by atoms with Crippen LogP contribution in [0.3, 0.4) is 0 Å². The quantitative estimate of drug-likeness (QED) is 0.565. The van der Waals surface area contributed by atoms with Crippen LogP contribution in [0.5, 0.6) is 0 Å². The van der Waals surface area contributed by atoms with Crippen molar-refractivity contribution in [2.75, 3.05) is 0 Å². The molecule has 1 aliphatic carbocycles. The van der Waals surface area contributed by atoms with Gasteiger partial charge in [-0.2, -0.15) is 0 Å². The minimum atomic E-state index is -0.250. The van der Waals surface area contributed by atoms with E-state index in [1.54, 1.807) is 0 Å². The molecule has 3 atom stereocenters. The summed E-state index contributed by atoms with van der Waals surface area (Å²) in [6, 6.07) is 0. The van der Waals surface area contributed by atoms with Crippen LogP contribution in [0.4, 0.5) is 0 Å². The molecule has 0 saturated carbocycles. The van der Waals surface area contributed by atoms with Crippen LogP contribution in [0.25, 0.3) is 0 Å². The van der Waals surface area contributed by atoms with Gasteiger partial charge in [0.15, 0.2) is 0 Å². The van der Waals surface area contributed by atoms with Crippen LogP contribution in [0.1, 0.15) is 33.6 Å². The normalized spacial score (nSPS) is 32.4. The average Bonchev–Trinajstić information content (AvgIpc) is 2.24.